The van der Waals surface area contributed by atoms with E-state index in [9.17, 15) is 15.0 Å². The van der Waals surface area contributed by atoms with Crippen LogP contribution >= 0.6 is 0 Å². The highest BCUT2D eigenvalue weighted by atomic mass is 16.3. The number of carbonyl (C=O) groups excluding carboxylic acids is 1. The van der Waals surface area contributed by atoms with E-state index in [0.29, 0.717) is 5.56 Å². The number of hydrogen-bond acceptors (Lipinski definition) is 4. The summed E-state index contributed by atoms with van der Waals surface area (Å²) < 4.78 is 0. The number of phenols is 2. The zero-order chi connectivity index (χ0) is 15.4. The van der Waals surface area contributed by atoms with Crippen molar-refractivity contribution in [2.45, 2.75) is 45.2 Å². The Morgan fingerprint density at radius 1 is 1.19 bits per heavy atom. The highest BCUT2D eigenvalue weighted by Crippen LogP contribution is 2.28. The minimum absolute atomic E-state index is 0.0286. The van der Waals surface area contributed by atoms with Gasteiger partial charge in [0, 0.05) is 30.8 Å². The fraction of sp³-hybridized carbons (Fsp3) is 0.562. The number of amides is 1. The standard InChI is InChI=1S/C16H24N2O3/c1-11(14-7-6-13(19)10-15(14)20)17-12(2)16(21)18-8-4-3-5-9-18/h6-7,10-12,17,19-20H,3-5,8-9H2,1-2H3. The van der Waals surface area contributed by atoms with Crippen molar-refractivity contribution in [3.05, 3.63) is 23.8 Å². The Balaban J connectivity index is 1.97. The van der Waals surface area contributed by atoms with Gasteiger partial charge in [0.1, 0.15) is 11.5 Å². The maximum Gasteiger partial charge on any atom is 0.239 e. The second-order valence-electron chi connectivity index (χ2n) is 5.74. The average molecular weight is 292 g/mol. The maximum absolute atomic E-state index is 12.4. The summed E-state index contributed by atoms with van der Waals surface area (Å²) >= 11 is 0. The van der Waals surface area contributed by atoms with Crippen LogP contribution in [0.4, 0.5) is 0 Å². The minimum atomic E-state index is -0.300. The quantitative estimate of drug-likeness (QED) is 0.795. The van der Waals surface area contributed by atoms with Gasteiger partial charge in [-0.2, -0.15) is 0 Å². The molecule has 0 radical (unpaired) electrons. The van der Waals surface area contributed by atoms with Crippen LogP contribution in [0, 0.1) is 0 Å². The molecule has 1 aromatic rings. The zero-order valence-electron chi connectivity index (χ0n) is 12.7. The van der Waals surface area contributed by atoms with Crippen LogP contribution in [0.2, 0.25) is 0 Å². The normalized spacial score (nSPS) is 18.3. The van der Waals surface area contributed by atoms with E-state index in [2.05, 4.69) is 5.32 Å². The van der Waals surface area contributed by atoms with Gasteiger partial charge in [-0.3, -0.25) is 10.1 Å². The lowest BCUT2D eigenvalue weighted by molar-refractivity contribution is -0.134. The van der Waals surface area contributed by atoms with Crippen molar-refractivity contribution in [1.82, 2.24) is 10.2 Å². The lowest BCUT2D eigenvalue weighted by Gasteiger charge is -2.30. The summed E-state index contributed by atoms with van der Waals surface area (Å²) in [4.78, 5) is 14.3. The SMILES string of the molecule is CC(NC(C)c1ccc(O)cc1O)C(=O)N1CCCCC1. The summed E-state index contributed by atoms with van der Waals surface area (Å²) in [6.07, 6.45) is 3.35. The van der Waals surface area contributed by atoms with Crippen molar-refractivity contribution in [3.8, 4) is 11.5 Å². The summed E-state index contributed by atoms with van der Waals surface area (Å²) in [6, 6.07) is 4.04. The molecule has 1 aliphatic heterocycles. The van der Waals surface area contributed by atoms with Gasteiger partial charge >= 0.3 is 0 Å². The molecule has 1 aromatic carbocycles. The fourth-order valence-electron chi connectivity index (χ4n) is 2.82. The topological polar surface area (TPSA) is 72.8 Å². The monoisotopic (exact) mass is 292 g/mol. The van der Waals surface area contributed by atoms with Gasteiger partial charge in [0.25, 0.3) is 0 Å². The number of phenolic OH excluding ortho intramolecular Hbond substituents is 2. The molecule has 1 fully saturated rings. The molecule has 116 valence electrons. The van der Waals surface area contributed by atoms with E-state index < -0.39 is 0 Å². The van der Waals surface area contributed by atoms with E-state index >= 15 is 0 Å². The molecule has 0 aromatic heterocycles. The van der Waals surface area contributed by atoms with Crippen LogP contribution < -0.4 is 5.32 Å². The molecule has 0 saturated carbocycles. The molecule has 2 rings (SSSR count). The van der Waals surface area contributed by atoms with E-state index in [1.165, 1.54) is 18.6 Å². The average Bonchev–Trinajstić information content (AvgIpc) is 2.47. The fourth-order valence-corrected chi connectivity index (χ4v) is 2.82. The number of nitrogens with one attached hydrogen (secondary N) is 1. The van der Waals surface area contributed by atoms with Crippen LogP contribution in [0.3, 0.4) is 0 Å². The van der Waals surface area contributed by atoms with E-state index in [-0.39, 0.29) is 29.5 Å². The molecule has 0 spiro atoms. The molecule has 1 saturated heterocycles. The number of aromatic hydroxyl groups is 2. The lowest BCUT2D eigenvalue weighted by Crippen LogP contribution is -2.47. The smallest absolute Gasteiger partial charge is 0.239 e. The van der Waals surface area contributed by atoms with Crippen molar-refractivity contribution in [3.63, 3.8) is 0 Å². The van der Waals surface area contributed by atoms with Crippen LogP contribution in [0.25, 0.3) is 0 Å². The van der Waals surface area contributed by atoms with Gasteiger partial charge in [0.15, 0.2) is 0 Å². The Bertz CT molecular complexity index is 498. The summed E-state index contributed by atoms with van der Waals surface area (Å²) in [6.45, 7) is 5.42. The molecule has 1 amide bonds. The first kappa shape index (κ1) is 15.6. The Morgan fingerprint density at radius 2 is 1.86 bits per heavy atom. The van der Waals surface area contributed by atoms with Gasteiger partial charge in [0.2, 0.25) is 5.91 Å². The van der Waals surface area contributed by atoms with Gasteiger partial charge in [-0.25, -0.2) is 0 Å². The predicted octanol–water partition coefficient (Wildman–Crippen LogP) is 2.15. The van der Waals surface area contributed by atoms with Crippen molar-refractivity contribution >= 4 is 5.91 Å². The summed E-state index contributed by atoms with van der Waals surface area (Å²) in [5.74, 6) is 0.174. The Kier molecular flexibility index (Phi) is 5.07. The first-order chi connectivity index (χ1) is 9.99. The van der Waals surface area contributed by atoms with Gasteiger partial charge in [-0.05, 0) is 39.2 Å². The van der Waals surface area contributed by atoms with Crippen LogP contribution in [-0.2, 0) is 4.79 Å². The molecule has 21 heavy (non-hydrogen) atoms. The van der Waals surface area contributed by atoms with Crippen molar-refractivity contribution in [1.29, 1.82) is 0 Å². The second kappa shape index (κ2) is 6.80. The third kappa shape index (κ3) is 3.88. The minimum Gasteiger partial charge on any atom is -0.508 e. The van der Waals surface area contributed by atoms with E-state index in [1.807, 2.05) is 18.7 Å². The van der Waals surface area contributed by atoms with Gasteiger partial charge in [-0.1, -0.05) is 6.07 Å². The zero-order valence-corrected chi connectivity index (χ0v) is 12.7. The number of piperidine rings is 1. The molecule has 3 N–H and O–H groups in total. The summed E-state index contributed by atoms with van der Waals surface area (Å²) in [5, 5.41) is 22.4. The Morgan fingerprint density at radius 3 is 2.48 bits per heavy atom. The third-order valence-electron chi connectivity index (χ3n) is 4.02. The van der Waals surface area contributed by atoms with Crippen LogP contribution in [0.5, 0.6) is 11.5 Å². The molecule has 0 aliphatic carbocycles. The number of nitrogens with zero attached hydrogens (tertiary/aromatic N) is 1. The van der Waals surface area contributed by atoms with Gasteiger partial charge in [0.05, 0.1) is 6.04 Å². The van der Waals surface area contributed by atoms with Crippen LogP contribution in [0.15, 0.2) is 18.2 Å². The molecule has 1 heterocycles. The van der Waals surface area contributed by atoms with Crippen LogP contribution in [0.1, 0.15) is 44.7 Å². The highest BCUT2D eigenvalue weighted by Gasteiger charge is 2.24. The van der Waals surface area contributed by atoms with Crippen LogP contribution in [-0.4, -0.2) is 40.2 Å². The molecule has 5 nitrogen and oxygen atoms in total. The Hall–Kier alpha value is -1.75. The van der Waals surface area contributed by atoms with Crippen molar-refractivity contribution in [2.75, 3.05) is 13.1 Å². The molecule has 0 bridgehead atoms. The molecule has 5 heteroatoms. The van der Waals surface area contributed by atoms with Gasteiger partial charge < -0.3 is 15.1 Å². The second-order valence-corrected chi connectivity index (χ2v) is 5.74. The van der Waals surface area contributed by atoms with E-state index in [4.69, 9.17) is 0 Å². The van der Waals surface area contributed by atoms with Crippen molar-refractivity contribution < 1.29 is 15.0 Å². The number of carbonyl (C=O) groups is 1. The first-order valence-electron chi connectivity index (χ1n) is 7.55. The largest absolute Gasteiger partial charge is 0.508 e. The molecular formula is C16H24N2O3. The molecule has 2 atom stereocenters. The number of rotatable bonds is 4. The lowest BCUT2D eigenvalue weighted by atomic mass is 10.1. The molecular weight excluding hydrogens is 268 g/mol. The maximum atomic E-state index is 12.4. The van der Waals surface area contributed by atoms with E-state index in [1.54, 1.807) is 6.07 Å². The number of benzene rings is 1. The first-order valence-corrected chi connectivity index (χ1v) is 7.55. The predicted molar refractivity (Wildman–Crippen MR) is 81.2 cm³/mol. The summed E-state index contributed by atoms with van der Waals surface area (Å²) in [5.41, 5.74) is 0.672. The van der Waals surface area contributed by atoms with Crippen molar-refractivity contribution in [2.24, 2.45) is 0 Å². The van der Waals surface area contributed by atoms with Gasteiger partial charge in [-0.15, -0.1) is 0 Å². The number of likely N-dealkylation sites (tertiary alicyclic amines) is 1. The number of hydrogen-bond donors (Lipinski definition) is 3. The third-order valence-corrected chi connectivity index (χ3v) is 4.02. The Labute approximate surface area is 125 Å². The highest BCUT2D eigenvalue weighted by molar-refractivity contribution is 5.81. The molecule has 1 aliphatic rings. The van der Waals surface area contributed by atoms with E-state index in [0.717, 1.165) is 25.9 Å². The summed E-state index contributed by atoms with van der Waals surface area (Å²) in [7, 11) is 0. The molecule has 2 unspecified atom stereocenters.